The van der Waals surface area contributed by atoms with Crippen molar-refractivity contribution in [2.24, 2.45) is 5.14 Å². The SMILES string of the molecule is NS(=O)(=O)CCCSc1nnc(Nc2cccc(F)c2)s1. The molecule has 0 aliphatic heterocycles. The normalized spacial score (nSPS) is 11.5. The van der Waals surface area contributed by atoms with Crippen LogP contribution in [-0.2, 0) is 10.0 Å². The van der Waals surface area contributed by atoms with Crippen molar-refractivity contribution in [2.45, 2.75) is 10.8 Å². The lowest BCUT2D eigenvalue weighted by Crippen LogP contribution is -2.16. The second-order valence-corrected chi connectivity index (χ2v) is 8.13. The van der Waals surface area contributed by atoms with E-state index in [1.807, 2.05) is 0 Å². The van der Waals surface area contributed by atoms with Gasteiger partial charge in [-0.1, -0.05) is 29.2 Å². The zero-order chi connectivity index (χ0) is 15.3. The predicted molar refractivity (Wildman–Crippen MR) is 82.9 cm³/mol. The fourth-order valence-corrected chi connectivity index (χ4v) is 3.94. The molecule has 0 spiro atoms. The van der Waals surface area contributed by atoms with Crippen molar-refractivity contribution in [3.8, 4) is 0 Å². The van der Waals surface area contributed by atoms with E-state index in [-0.39, 0.29) is 11.6 Å². The van der Waals surface area contributed by atoms with Crippen molar-refractivity contribution in [1.82, 2.24) is 10.2 Å². The lowest BCUT2D eigenvalue weighted by atomic mass is 10.3. The maximum atomic E-state index is 13.0. The van der Waals surface area contributed by atoms with Gasteiger partial charge in [-0.2, -0.15) is 0 Å². The zero-order valence-electron chi connectivity index (χ0n) is 10.8. The molecule has 1 aromatic carbocycles. The van der Waals surface area contributed by atoms with Gasteiger partial charge in [0.05, 0.1) is 5.75 Å². The molecule has 10 heteroatoms. The number of anilines is 2. The second-order valence-electron chi connectivity index (χ2n) is 4.08. The first-order chi connectivity index (χ1) is 9.92. The van der Waals surface area contributed by atoms with Gasteiger partial charge in [-0.25, -0.2) is 17.9 Å². The molecule has 0 bridgehead atoms. The Bertz CT molecular complexity index is 705. The lowest BCUT2D eigenvalue weighted by molar-refractivity contribution is 0.596. The minimum absolute atomic E-state index is 0.0484. The van der Waals surface area contributed by atoms with E-state index in [1.165, 1.54) is 35.2 Å². The van der Waals surface area contributed by atoms with Crippen molar-refractivity contribution in [2.75, 3.05) is 16.8 Å². The maximum Gasteiger partial charge on any atom is 0.210 e. The number of rotatable bonds is 7. The molecule has 0 radical (unpaired) electrons. The molecule has 0 aliphatic carbocycles. The Kier molecular flexibility index (Phi) is 5.51. The first-order valence-electron chi connectivity index (χ1n) is 5.92. The summed E-state index contributed by atoms with van der Waals surface area (Å²) in [7, 11) is -3.41. The highest BCUT2D eigenvalue weighted by Crippen LogP contribution is 2.28. The van der Waals surface area contributed by atoms with E-state index >= 15 is 0 Å². The van der Waals surface area contributed by atoms with Gasteiger partial charge < -0.3 is 5.32 Å². The first-order valence-corrected chi connectivity index (χ1v) is 9.43. The van der Waals surface area contributed by atoms with E-state index in [4.69, 9.17) is 5.14 Å². The number of nitrogens with two attached hydrogens (primary N) is 1. The molecule has 1 heterocycles. The number of halogens is 1. The number of aromatic nitrogens is 2. The van der Waals surface area contributed by atoms with Crippen LogP contribution in [0.2, 0.25) is 0 Å². The van der Waals surface area contributed by atoms with Gasteiger partial charge in [0.2, 0.25) is 15.2 Å². The summed E-state index contributed by atoms with van der Waals surface area (Å²) in [6.07, 6.45) is 0.454. The summed E-state index contributed by atoms with van der Waals surface area (Å²) < 4.78 is 35.3. The highest BCUT2D eigenvalue weighted by Gasteiger charge is 2.07. The van der Waals surface area contributed by atoms with Crippen LogP contribution in [0.1, 0.15) is 6.42 Å². The van der Waals surface area contributed by atoms with E-state index in [0.29, 0.717) is 27.3 Å². The Morgan fingerprint density at radius 2 is 2.19 bits per heavy atom. The zero-order valence-corrected chi connectivity index (χ0v) is 13.3. The molecule has 0 saturated heterocycles. The first kappa shape index (κ1) is 16.1. The minimum atomic E-state index is -3.41. The van der Waals surface area contributed by atoms with E-state index in [9.17, 15) is 12.8 Å². The van der Waals surface area contributed by atoms with Crippen LogP contribution in [0.5, 0.6) is 0 Å². The van der Waals surface area contributed by atoms with Gasteiger partial charge in [0.25, 0.3) is 0 Å². The molecule has 2 aromatic rings. The Labute approximate surface area is 130 Å². The number of hydrogen-bond acceptors (Lipinski definition) is 7. The molecule has 0 amide bonds. The molecule has 0 fully saturated rings. The minimum Gasteiger partial charge on any atom is -0.330 e. The smallest absolute Gasteiger partial charge is 0.210 e. The standard InChI is InChI=1S/C11H13FN4O2S3/c12-8-3-1-4-9(7-8)14-10-15-16-11(20-10)19-5-2-6-21(13,17)18/h1,3-4,7H,2,5-6H2,(H,14,15)(H2,13,17,18). The molecular weight excluding hydrogens is 335 g/mol. The third kappa shape index (κ3) is 5.96. The van der Waals surface area contributed by atoms with Gasteiger partial charge in [0.15, 0.2) is 4.34 Å². The number of primary sulfonamides is 1. The number of nitrogens with one attached hydrogen (secondary N) is 1. The van der Waals surface area contributed by atoms with Crippen molar-refractivity contribution in [3.05, 3.63) is 30.1 Å². The van der Waals surface area contributed by atoms with Gasteiger partial charge in [0, 0.05) is 11.4 Å². The molecule has 2 rings (SSSR count). The van der Waals surface area contributed by atoms with Crippen LogP contribution in [0.3, 0.4) is 0 Å². The molecule has 6 nitrogen and oxygen atoms in total. The van der Waals surface area contributed by atoms with Crippen molar-refractivity contribution in [3.63, 3.8) is 0 Å². The Balaban J connectivity index is 1.84. The topological polar surface area (TPSA) is 98.0 Å². The summed E-state index contributed by atoms with van der Waals surface area (Å²) >= 11 is 2.72. The number of benzene rings is 1. The molecule has 1 aromatic heterocycles. The van der Waals surface area contributed by atoms with Crippen LogP contribution in [0.4, 0.5) is 15.2 Å². The summed E-state index contributed by atoms with van der Waals surface area (Å²) in [5, 5.41) is 16.3. The number of thioether (sulfide) groups is 1. The van der Waals surface area contributed by atoms with Gasteiger partial charge in [-0.15, -0.1) is 10.2 Å². The molecule has 0 saturated carbocycles. The monoisotopic (exact) mass is 348 g/mol. The van der Waals surface area contributed by atoms with Crippen molar-refractivity contribution in [1.29, 1.82) is 0 Å². The van der Waals surface area contributed by atoms with Crippen molar-refractivity contribution < 1.29 is 12.8 Å². The second kappa shape index (κ2) is 7.16. The predicted octanol–water partition coefficient (Wildman–Crippen LogP) is 2.19. The third-order valence-electron chi connectivity index (χ3n) is 2.28. The molecule has 3 N–H and O–H groups in total. The summed E-state index contributed by atoms with van der Waals surface area (Å²) in [5.41, 5.74) is 0.594. The maximum absolute atomic E-state index is 13.0. The van der Waals surface area contributed by atoms with Crippen LogP contribution in [0.15, 0.2) is 28.6 Å². The fourth-order valence-electron chi connectivity index (χ4n) is 1.43. The van der Waals surface area contributed by atoms with E-state index < -0.39 is 10.0 Å². The Morgan fingerprint density at radius 1 is 1.38 bits per heavy atom. The van der Waals surface area contributed by atoms with Crippen LogP contribution < -0.4 is 10.5 Å². The summed E-state index contributed by atoms with van der Waals surface area (Å²) in [6, 6.07) is 6.05. The van der Waals surface area contributed by atoms with Gasteiger partial charge >= 0.3 is 0 Å². The highest BCUT2D eigenvalue weighted by molar-refractivity contribution is 8.01. The lowest BCUT2D eigenvalue weighted by Gasteiger charge is -2.00. The molecule has 21 heavy (non-hydrogen) atoms. The largest absolute Gasteiger partial charge is 0.330 e. The van der Waals surface area contributed by atoms with Crippen LogP contribution >= 0.6 is 23.1 Å². The van der Waals surface area contributed by atoms with Crippen LogP contribution in [0, 0.1) is 5.82 Å². The molecular formula is C11H13FN4O2S3. The molecule has 0 aliphatic rings. The molecule has 0 atom stereocenters. The number of nitrogens with zero attached hydrogens (tertiary/aromatic N) is 2. The average molecular weight is 348 g/mol. The van der Waals surface area contributed by atoms with Gasteiger partial charge in [-0.3, -0.25) is 0 Å². The van der Waals surface area contributed by atoms with Gasteiger partial charge in [0.1, 0.15) is 5.82 Å². The van der Waals surface area contributed by atoms with E-state index in [1.54, 1.807) is 12.1 Å². The average Bonchev–Trinajstić information content (AvgIpc) is 2.81. The van der Waals surface area contributed by atoms with Crippen molar-refractivity contribution >= 4 is 43.9 Å². The highest BCUT2D eigenvalue weighted by atomic mass is 32.2. The quantitative estimate of drug-likeness (QED) is 0.588. The Morgan fingerprint density at radius 3 is 2.90 bits per heavy atom. The fraction of sp³-hybridized carbons (Fsp3) is 0.273. The molecule has 0 unspecified atom stereocenters. The number of hydrogen-bond donors (Lipinski definition) is 2. The van der Waals surface area contributed by atoms with E-state index in [0.717, 1.165) is 0 Å². The van der Waals surface area contributed by atoms with Crippen LogP contribution in [0.25, 0.3) is 0 Å². The van der Waals surface area contributed by atoms with Crippen LogP contribution in [-0.4, -0.2) is 30.1 Å². The van der Waals surface area contributed by atoms with E-state index in [2.05, 4.69) is 15.5 Å². The van der Waals surface area contributed by atoms with Gasteiger partial charge in [-0.05, 0) is 24.6 Å². The summed E-state index contributed by atoms with van der Waals surface area (Å²) in [6.45, 7) is 0. The number of sulfonamides is 1. The summed E-state index contributed by atoms with van der Waals surface area (Å²) in [4.78, 5) is 0. The molecule has 114 valence electrons. The Hall–Kier alpha value is -1.23. The third-order valence-corrected chi connectivity index (χ3v) is 5.20. The summed E-state index contributed by atoms with van der Waals surface area (Å²) in [5.74, 6) is 0.209.